The molecule has 0 bridgehead atoms. The summed E-state index contributed by atoms with van der Waals surface area (Å²) < 4.78 is 60.3. The third-order valence-electron chi connectivity index (χ3n) is 8.14. The Morgan fingerprint density at radius 2 is 1.61 bits per heavy atom. The summed E-state index contributed by atoms with van der Waals surface area (Å²) in [4.78, 5) is 26.4. The van der Waals surface area contributed by atoms with Crippen molar-refractivity contribution in [1.82, 2.24) is 16.0 Å². The van der Waals surface area contributed by atoms with Crippen LogP contribution in [0.2, 0.25) is 0 Å². The first-order valence-corrected chi connectivity index (χ1v) is 18.0. The minimum Gasteiger partial charge on any atom is -0.449 e. The van der Waals surface area contributed by atoms with E-state index in [1.807, 2.05) is 45.0 Å². The largest absolute Gasteiger partial charge is 0.449 e. The number of nitrogens with one attached hydrogen (secondary N) is 3. The first-order chi connectivity index (χ1) is 21.9. The number of carbonyl (C=O) groups is 2. The van der Waals surface area contributed by atoms with Gasteiger partial charge in [-0.15, -0.1) is 0 Å². The second-order valence-corrected chi connectivity index (χ2v) is 14.6. The Morgan fingerprint density at radius 3 is 2.22 bits per heavy atom. The van der Waals surface area contributed by atoms with Crippen LogP contribution in [-0.2, 0) is 38.8 Å². The topological polar surface area (TPSA) is 134 Å². The third kappa shape index (κ3) is 12.6. The maximum atomic E-state index is 14.1. The molecule has 1 aliphatic carbocycles. The lowest BCUT2D eigenvalue weighted by Gasteiger charge is -2.28. The zero-order chi connectivity index (χ0) is 33.7. The monoisotopic (exact) mass is 665 g/mol. The van der Waals surface area contributed by atoms with Gasteiger partial charge in [-0.3, -0.25) is 4.79 Å². The van der Waals surface area contributed by atoms with Gasteiger partial charge in [0.25, 0.3) is 0 Å². The smallest absolute Gasteiger partial charge is 0.407 e. The number of ether oxygens (including phenoxy) is 1. The van der Waals surface area contributed by atoms with Crippen molar-refractivity contribution in [1.29, 1.82) is 0 Å². The van der Waals surface area contributed by atoms with E-state index < -0.39 is 62.7 Å². The molecule has 0 aromatic heterocycles. The van der Waals surface area contributed by atoms with Crippen LogP contribution in [-0.4, -0.2) is 67.9 Å². The number of halogens is 2. The van der Waals surface area contributed by atoms with Gasteiger partial charge >= 0.3 is 6.09 Å². The molecule has 0 spiro atoms. The summed E-state index contributed by atoms with van der Waals surface area (Å²) in [5.41, 5.74) is 2.33. The molecule has 3 atom stereocenters. The molecular weight excluding hydrogens is 616 g/mol. The number of benzene rings is 2. The van der Waals surface area contributed by atoms with E-state index in [1.165, 1.54) is 0 Å². The minimum atomic E-state index is -3.84. The van der Waals surface area contributed by atoms with E-state index in [9.17, 15) is 31.9 Å². The molecule has 1 saturated carbocycles. The van der Waals surface area contributed by atoms with Gasteiger partial charge in [-0.1, -0.05) is 57.9 Å². The predicted octanol–water partition coefficient (Wildman–Crippen LogP) is 4.59. The quantitative estimate of drug-likeness (QED) is 0.163. The molecule has 1 fully saturated rings. The molecule has 2 aromatic rings. The zero-order valence-corrected chi connectivity index (χ0v) is 27.9. The standard InChI is InChI=1S/C34H49F2N3O6S/c1-4-8-29(9-5-2)46(43,44)22-31(39-34(42)45-21-24-12-13-24)33(41)38-30(17-26-15-27(35)18-28(36)16-26)32(40)20-37-19-25-11-7-10-23(6-3)14-25/h7,10-11,14-16,18,24,29-32,37,40H,4-6,8-9,12-13,17,19-22H2,1-3H3,(H,38,41)(H,39,42)/t30-,31+,32+/m0/s1. The third-order valence-corrected chi connectivity index (χ3v) is 10.4. The molecule has 256 valence electrons. The second-order valence-electron chi connectivity index (χ2n) is 12.2. The number of carbonyl (C=O) groups excluding carboxylic acids is 2. The average Bonchev–Trinajstić information content (AvgIpc) is 3.83. The Morgan fingerprint density at radius 1 is 0.957 bits per heavy atom. The molecule has 46 heavy (non-hydrogen) atoms. The summed E-state index contributed by atoms with van der Waals surface area (Å²) in [6, 6.07) is 8.27. The van der Waals surface area contributed by atoms with Crippen LogP contribution in [0.25, 0.3) is 0 Å². The fourth-order valence-electron chi connectivity index (χ4n) is 5.38. The highest BCUT2D eigenvalue weighted by Crippen LogP contribution is 2.28. The van der Waals surface area contributed by atoms with Crippen molar-refractivity contribution in [2.24, 2.45) is 5.92 Å². The van der Waals surface area contributed by atoms with Gasteiger partial charge < -0.3 is 25.8 Å². The minimum absolute atomic E-state index is 0.00793. The molecule has 2 aromatic carbocycles. The highest BCUT2D eigenvalue weighted by atomic mass is 32.2. The van der Waals surface area contributed by atoms with Gasteiger partial charge in [0.2, 0.25) is 5.91 Å². The van der Waals surface area contributed by atoms with Crippen molar-refractivity contribution >= 4 is 21.8 Å². The number of aliphatic hydroxyl groups is 1. The molecule has 12 heteroatoms. The van der Waals surface area contributed by atoms with Gasteiger partial charge in [0.1, 0.15) is 17.7 Å². The van der Waals surface area contributed by atoms with Crippen molar-refractivity contribution in [3.8, 4) is 0 Å². The van der Waals surface area contributed by atoms with Gasteiger partial charge in [-0.2, -0.15) is 0 Å². The number of aliphatic hydroxyl groups excluding tert-OH is 1. The number of hydrogen-bond donors (Lipinski definition) is 4. The summed E-state index contributed by atoms with van der Waals surface area (Å²) in [5.74, 6) is -2.89. The molecule has 0 saturated heterocycles. The van der Waals surface area contributed by atoms with Crippen LogP contribution in [0.1, 0.15) is 76.0 Å². The van der Waals surface area contributed by atoms with Crippen molar-refractivity contribution in [2.75, 3.05) is 18.9 Å². The molecule has 2 amide bonds. The molecule has 0 heterocycles. The molecular formula is C34H49F2N3O6S. The zero-order valence-electron chi connectivity index (χ0n) is 27.1. The number of aryl methyl sites for hydroxylation is 1. The fraction of sp³-hybridized carbons (Fsp3) is 0.588. The van der Waals surface area contributed by atoms with E-state index in [0.29, 0.717) is 32.2 Å². The van der Waals surface area contributed by atoms with Gasteiger partial charge in [-0.05, 0) is 73.3 Å². The highest BCUT2D eigenvalue weighted by molar-refractivity contribution is 7.92. The lowest BCUT2D eigenvalue weighted by molar-refractivity contribution is -0.124. The van der Waals surface area contributed by atoms with Crippen LogP contribution in [0.3, 0.4) is 0 Å². The van der Waals surface area contributed by atoms with E-state index in [-0.39, 0.29) is 31.1 Å². The fourth-order valence-corrected chi connectivity index (χ4v) is 7.54. The van der Waals surface area contributed by atoms with Crippen molar-refractivity contribution in [3.63, 3.8) is 0 Å². The van der Waals surface area contributed by atoms with Gasteiger partial charge in [0.05, 0.1) is 29.8 Å². The summed E-state index contributed by atoms with van der Waals surface area (Å²) in [6.45, 7) is 6.41. The molecule has 1 aliphatic rings. The molecule has 9 nitrogen and oxygen atoms in total. The molecule has 3 rings (SSSR count). The van der Waals surface area contributed by atoms with Gasteiger partial charge in [-0.25, -0.2) is 22.0 Å². The number of rotatable bonds is 20. The van der Waals surface area contributed by atoms with Gasteiger partial charge in [0, 0.05) is 19.2 Å². The number of alkyl carbamates (subject to hydrolysis) is 1. The molecule has 0 aliphatic heterocycles. The Labute approximate surface area is 271 Å². The number of amides is 2. The Hall–Kier alpha value is -3.09. The van der Waals surface area contributed by atoms with Gasteiger partial charge in [0.15, 0.2) is 9.84 Å². The van der Waals surface area contributed by atoms with Crippen LogP contribution in [0.4, 0.5) is 13.6 Å². The average molecular weight is 666 g/mol. The van der Waals surface area contributed by atoms with Crippen LogP contribution in [0.5, 0.6) is 0 Å². The first-order valence-electron chi connectivity index (χ1n) is 16.3. The van der Waals surface area contributed by atoms with Crippen molar-refractivity contribution in [2.45, 2.75) is 102 Å². The van der Waals surface area contributed by atoms with Crippen LogP contribution < -0.4 is 16.0 Å². The van der Waals surface area contributed by atoms with E-state index in [0.717, 1.165) is 48.6 Å². The molecule has 0 unspecified atom stereocenters. The highest BCUT2D eigenvalue weighted by Gasteiger charge is 2.35. The lowest BCUT2D eigenvalue weighted by Crippen LogP contribution is -2.57. The predicted molar refractivity (Wildman–Crippen MR) is 174 cm³/mol. The summed E-state index contributed by atoms with van der Waals surface area (Å²) in [5, 5.41) is 18.8. The van der Waals surface area contributed by atoms with Crippen LogP contribution in [0, 0.1) is 17.6 Å². The van der Waals surface area contributed by atoms with E-state index in [4.69, 9.17) is 4.74 Å². The Kier molecular flexibility index (Phi) is 14.9. The number of sulfone groups is 1. The van der Waals surface area contributed by atoms with Crippen molar-refractivity contribution < 1.29 is 36.6 Å². The molecule has 4 N–H and O–H groups in total. The maximum absolute atomic E-state index is 14.1. The maximum Gasteiger partial charge on any atom is 0.407 e. The lowest BCUT2D eigenvalue weighted by atomic mass is 10.00. The summed E-state index contributed by atoms with van der Waals surface area (Å²) in [6.07, 6.45) is 2.50. The SMILES string of the molecule is CCCC(CCC)S(=O)(=O)C[C@@H](NC(=O)OCC1CC1)C(=O)N[C@@H](Cc1cc(F)cc(F)c1)[C@H](O)CNCc1cccc(CC)c1. The normalized spacial score (nSPS) is 15.3. The summed E-state index contributed by atoms with van der Waals surface area (Å²) in [7, 11) is -3.84. The van der Waals surface area contributed by atoms with Crippen LogP contribution in [0.15, 0.2) is 42.5 Å². The van der Waals surface area contributed by atoms with E-state index in [1.54, 1.807) is 0 Å². The van der Waals surface area contributed by atoms with E-state index in [2.05, 4.69) is 16.0 Å². The van der Waals surface area contributed by atoms with E-state index >= 15 is 0 Å². The Bertz CT molecular complexity index is 1360. The Balaban J connectivity index is 1.81. The van der Waals surface area contributed by atoms with Crippen LogP contribution >= 0.6 is 0 Å². The molecule has 0 radical (unpaired) electrons. The van der Waals surface area contributed by atoms with Crippen molar-refractivity contribution in [3.05, 3.63) is 70.8 Å². The first kappa shape index (κ1) is 37.4. The summed E-state index contributed by atoms with van der Waals surface area (Å²) >= 11 is 0. The number of hydrogen-bond acceptors (Lipinski definition) is 7. The second kappa shape index (κ2) is 18.3.